The van der Waals surface area contributed by atoms with Gasteiger partial charge in [0, 0.05) is 47.3 Å². The molecule has 2 aromatic heterocycles. The molecule has 0 saturated carbocycles. The summed E-state index contributed by atoms with van der Waals surface area (Å²) in [6.07, 6.45) is 6.95. The van der Waals surface area contributed by atoms with Crippen molar-refractivity contribution in [1.82, 2.24) is 24.8 Å². The van der Waals surface area contributed by atoms with Gasteiger partial charge in [0.2, 0.25) is 0 Å². The number of fused-ring (bicyclic) bond motifs is 5. The number of aromatic nitrogens is 3. The van der Waals surface area contributed by atoms with Gasteiger partial charge in [-0.25, -0.2) is 4.39 Å². The molecular formula is C38H40ClFN6O4. The minimum Gasteiger partial charge on any atom is -0.461 e. The summed E-state index contributed by atoms with van der Waals surface area (Å²) in [6.45, 7) is 7.47. The standard InChI is InChI=1S/C38H40ClFN6O4/c1-21(2)28-33(50-36(28)48)35(47)46-23-11-12-24(46)19-44(18-23)34-26-17-41-31(25-9-3-7-22-8-4-10-27(39)29(22)25)30(40)32(26)42-37(43-34)49-20-38-13-5-15-45(38)16-6-14-38/h3-4,7-10,17,21,23-24,28,33H,5-6,11-16,18-20H2,1-2H3/t23-,24+,28?,33-/m1/s1. The van der Waals surface area contributed by atoms with E-state index < -0.39 is 17.8 Å². The number of esters is 1. The molecule has 50 heavy (non-hydrogen) atoms. The molecule has 4 aromatic rings. The van der Waals surface area contributed by atoms with E-state index in [0.717, 1.165) is 62.4 Å². The first kappa shape index (κ1) is 31.9. The first-order valence-corrected chi connectivity index (χ1v) is 18.3. The average molecular weight is 699 g/mol. The molecule has 4 atom stereocenters. The van der Waals surface area contributed by atoms with Crippen molar-refractivity contribution in [3.8, 4) is 17.3 Å². The highest BCUT2D eigenvalue weighted by molar-refractivity contribution is 6.36. The van der Waals surface area contributed by atoms with Gasteiger partial charge in [-0.1, -0.05) is 55.8 Å². The number of pyridine rings is 1. The van der Waals surface area contributed by atoms with Gasteiger partial charge in [0.15, 0.2) is 11.9 Å². The zero-order valence-electron chi connectivity index (χ0n) is 28.3. The lowest BCUT2D eigenvalue weighted by molar-refractivity contribution is -0.197. The number of anilines is 1. The first-order chi connectivity index (χ1) is 24.2. The van der Waals surface area contributed by atoms with Crippen LogP contribution in [0.15, 0.2) is 42.6 Å². The molecule has 1 amide bonds. The van der Waals surface area contributed by atoms with Gasteiger partial charge < -0.3 is 19.3 Å². The number of hydrogen-bond acceptors (Lipinski definition) is 9. The summed E-state index contributed by atoms with van der Waals surface area (Å²) >= 11 is 6.65. The number of benzene rings is 2. The lowest BCUT2D eigenvalue weighted by Gasteiger charge is -2.45. The zero-order valence-corrected chi connectivity index (χ0v) is 29.0. The SMILES string of the molecule is CC(C)C1C(=O)O[C@H]1C(=O)N1[C@@H]2CC[C@H]1CN(c1nc(OCC34CCCN3CCC4)nc3c(F)c(-c4cccc5cccc(Cl)c45)ncc13)C2. The number of rotatable bonds is 7. The third-order valence-electron chi connectivity index (χ3n) is 11.9. The fraction of sp³-hybridized carbons (Fsp3) is 0.500. The number of cyclic esters (lactones) is 1. The first-order valence-electron chi connectivity index (χ1n) is 17.9. The summed E-state index contributed by atoms with van der Waals surface area (Å²) in [7, 11) is 0. The van der Waals surface area contributed by atoms with E-state index >= 15 is 4.39 Å². The van der Waals surface area contributed by atoms with Crippen LogP contribution >= 0.6 is 11.6 Å². The van der Waals surface area contributed by atoms with Crippen molar-refractivity contribution in [3.05, 3.63) is 53.4 Å². The Morgan fingerprint density at radius 3 is 2.50 bits per heavy atom. The number of amides is 1. The predicted molar refractivity (Wildman–Crippen MR) is 188 cm³/mol. The number of hydrogen-bond donors (Lipinski definition) is 0. The van der Waals surface area contributed by atoms with Gasteiger partial charge in [0.1, 0.15) is 29.6 Å². The normalized spacial score (nSPS) is 25.7. The quantitative estimate of drug-likeness (QED) is 0.215. The molecule has 0 radical (unpaired) electrons. The van der Waals surface area contributed by atoms with E-state index in [4.69, 9.17) is 31.0 Å². The third kappa shape index (κ3) is 4.94. The summed E-state index contributed by atoms with van der Waals surface area (Å²) in [5, 5.41) is 2.62. The smallest absolute Gasteiger partial charge is 0.319 e. The van der Waals surface area contributed by atoms with Gasteiger partial charge >= 0.3 is 12.0 Å². The highest BCUT2D eigenvalue weighted by Crippen LogP contribution is 2.42. The van der Waals surface area contributed by atoms with Crippen molar-refractivity contribution in [2.75, 3.05) is 37.7 Å². The predicted octanol–water partition coefficient (Wildman–Crippen LogP) is 6.02. The second kappa shape index (κ2) is 12.0. The van der Waals surface area contributed by atoms with Gasteiger partial charge in [-0.3, -0.25) is 19.5 Å². The minimum atomic E-state index is -0.735. The number of ether oxygens (including phenoxy) is 2. The fourth-order valence-electron chi connectivity index (χ4n) is 9.40. The van der Waals surface area contributed by atoms with E-state index in [9.17, 15) is 9.59 Å². The number of carbonyl (C=O) groups is 2. The van der Waals surface area contributed by atoms with Crippen LogP contribution in [-0.4, -0.2) is 93.1 Å². The molecule has 5 fully saturated rings. The molecule has 10 nitrogen and oxygen atoms in total. The van der Waals surface area contributed by atoms with E-state index in [2.05, 4.69) is 14.8 Å². The largest absolute Gasteiger partial charge is 0.461 e. The van der Waals surface area contributed by atoms with Gasteiger partial charge in [0.05, 0.1) is 10.9 Å². The Morgan fingerprint density at radius 1 is 1.08 bits per heavy atom. The average Bonchev–Trinajstić information content (AvgIpc) is 3.76. The number of halogens is 2. The fourth-order valence-corrected chi connectivity index (χ4v) is 9.69. The van der Waals surface area contributed by atoms with Crippen molar-refractivity contribution in [1.29, 1.82) is 0 Å². The lowest BCUT2D eigenvalue weighted by Crippen LogP contribution is -2.63. The summed E-state index contributed by atoms with van der Waals surface area (Å²) in [6, 6.07) is 11.2. The zero-order chi connectivity index (χ0) is 34.3. The Balaban J connectivity index is 1.09. The second-order valence-corrected chi connectivity index (χ2v) is 15.4. The molecule has 260 valence electrons. The van der Waals surface area contributed by atoms with Crippen molar-refractivity contribution in [3.63, 3.8) is 0 Å². The van der Waals surface area contributed by atoms with Crippen LogP contribution in [0.4, 0.5) is 10.2 Å². The molecule has 0 N–H and O–H groups in total. The maximum absolute atomic E-state index is 16.9. The van der Waals surface area contributed by atoms with Crippen LogP contribution in [0.2, 0.25) is 5.02 Å². The molecule has 0 aliphatic carbocycles. The Morgan fingerprint density at radius 2 is 1.80 bits per heavy atom. The molecule has 9 rings (SSSR count). The molecule has 7 heterocycles. The Hall–Kier alpha value is -4.09. The van der Waals surface area contributed by atoms with Crippen LogP contribution in [0.1, 0.15) is 52.4 Å². The molecule has 2 bridgehead atoms. The lowest BCUT2D eigenvalue weighted by atomic mass is 9.85. The maximum Gasteiger partial charge on any atom is 0.319 e. The van der Waals surface area contributed by atoms with Gasteiger partial charge in [0.25, 0.3) is 5.91 Å². The van der Waals surface area contributed by atoms with Crippen molar-refractivity contribution < 1.29 is 23.5 Å². The highest BCUT2D eigenvalue weighted by atomic mass is 35.5. The number of piperazine rings is 1. The van der Waals surface area contributed by atoms with Crippen LogP contribution in [0, 0.1) is 17.7 Å². The maximum atomic E-state index is 16.9. The van der Waals surface area contributed by atoms with Crippen LogP contribution in [0.5, 0.6) is 6.01 Å². The van der Waals surface area contributed by atoms with Crippen LogP contribution in [-0.2, 0) is 14.3 Å². The number of nitrogens with zero attached hydrogens (tertiary/aromatic N) is 6. The Kier molecular flexibility index (Phi) is 7.65. The van der Waals surface area contributed by atoms with Crippen LogP contribution < -0.4 is 9.64 Å². The summed E-state index contributed by atoms with van der Waals surface area (Å²) in [5.74, 6) is -0.831. The van der Waals surface area contributed by atoms with Gasteiger partial charge in [-0.15, -0.1) is 0 Å². The summed E-state index contributed by atoms with van der Waals surface area (Å²) in [4.78, 5) is 46.9. The summed E-state index contributed by atoms with van der Waals surface area (Å²) < 4.78 is 28.8. The van der Waals surface area contributed by atoms with Crippen molar-refractivity contribution in [2.45, 2.75) is 76.1 Å². The number of carbonyl (C=O) groups excluding carboxylic acids is 2. The molecule has 2 aromatic carbocycles. The molecule has 5 saturated heterocycles. The Bertz CT molecular complexity index is 2010. The molecule has 12 heteroatoms. The van der Waals surface area contributed by atoms with E-state index in [1.165, 1.54) is 0 Å². The minimum absolute atomic E-state index is 0.0206. The van der Waals surface area contributed by atoms with E-state index in [0.29, 0.717) is 41.5 Å². The van der Waals surface area contributed by atoms with E-state index in [1.54, 1.807) is 12.3 Å². The topological polar surface area (TPSA) is 101 Å². The van der Waals surface area contributed by atoms with Crippen molar-refractivity contribution in [2.24, 2.45) is 11.8 Å². The van der Waals surface area contributed by atoms with E-state index in [-0.39, 0.29) is 52.6 Å². The third-order valence-corrected chi connectivity index (χ3v) is 12.2. The molecule has 1 unspecified atom stereocenters. The summed E-state index contributed by atoms with van der Waals surface area (Å²) in [5.41, 5.74) is 0.846. The monoisotopic (exact) mass is 698 g/mol. The molecular weight excluding hydrogens is 659 g/mol. The Labute approximate surface area is 294 Å². The van der Waals surface area contributed by atoms with E-state index in [1.807, 2.05) is 49.1 Å². The molecule has 5 aliphatic rings. The second-order valence-electron chi connectivity index (χ2n) is 15.0. The van der Waals surface area contributed by atoms with Crippen LogP contribution in [0.25, 0.3) is 32.9 Å². The molecule has 0 spiro atoms. The van der Waals surface area contributed by atoms with Gasteiger partial charge in [-0.05, 0) is 69.0 Å². The van der Waals surface area contributed by atoms with Crippen LogP contribution in [0.3, 0.4) is 0 Å². The van der Waals surface area contributed by atoms with Crippen molar-refractivity contribution >= 4 is 51.0 Å². The van der Waals surface area contributed by atoms with Gasteiger partial charge in [-0.2, -0.15) is 9.97 Å². The highest BCUT2D eigenvalue weighted by Gasteiger charge is 2.54. The molecule has 5 aliphatic heterocycles.